The molecule has 0 radical (unpaired) electrons. The predicted molar refractivity (Wildman–Crippen MR) is 82.1 cm³/mol. The number of rotatable bonds is 4. The summed E-state index contributed by atoms with van der Waals surface area (Å²) in [5.74, 6) is 0. The molecule has 0 aliphatic carbocycles. The van der Waals surface area contributed by atoms with Gasteiger partial charge in [-0.1, -0.05) is 75.4 Å². The molecule has 0 amide bonds. The molecule has 0 saturated heterocycles. The summed E-state index contributed by atoms with van der Waals surface area (Å²) in [5, 5.41) is 3.48. The van der Waals surface area contributed by atoms with Gasteiger partial charge in [0.2, 0.25) is 0 Å². The predicted octanol–water partition coefficient (Wildman–Crippen LogP) is 1.28. The lowest BCUT2D eigenvalue weighted by Gasteiger charge is -2.19. The third-order valence-electron chi connectivity index (χ3n) is 3.32. The van der Waals surface area contributed by atoms with Crippen molar-refractivity contribution in [2.24, 2.45) is 0 Å². The van der Waals surface area contributed by atoms with E-state index in [4.69, 9.17) is 0 Å². The highest BCUT2D eigenvalue weighted by Gasteiger charge is 2.12. The highest BCUT2D eigenvalue weighted by atomic mass is 79.9. The molecule has 2 aromatic carbocycles. The fourth-order valence-corrected chi connectivity index (χ4v) is 2.07. The molecule has 0 saturated carbocycles. The van der Waals surface area contributed by atoms with Crippen LogP contribution in [0.2, 0.25) is 0 Å². The Morgan fingerprint density at radius 2 is 1.25 bits per heavy atom. The Kier molecular flexibility index (Phi) is 6.44. The highest BCUT2D eigenvalue weighted by molar-refractivity contribution is 5.27. The minimum absolute atomic E-state index is 0. The maximum Gasteiger partial charge on any atom is 0.0208 e. The van der Waals surface area contributed by atoms with Crippen LogP contribution in [0.3, 0.4) is 0 Å². The third-order valence-corrected chi connectivity index (χ3v) is 3.32. The average Bonchev–Trinajstić information content (AvgIpc) is 2.39. The fraction of sp³-hybridized carbons (Fsp3) is 0.333. The van der Waals surface area contributed by atoms with Gasteiger partial charge in [0.25, 0.3) is 0 Å². The molecule has 0 heterocycles. The summed E-state index contributed by atoms with van der Waals surface area (Å²) >= 11 is 0. The number of hydrogen-bond acceptors (Lipinski definition) is 1. The zero-order valence-electron chi connectivity index (χ0n) is 12.5. The second-order valence-electron chi connectivity index (χ2n) is 6.04. The SMILES string of the molecule is CC(C)(C)c1ccc(CNCc2ccccc2)cc1.[Br-]. The van der Waals surface area contributed by atoms with E-state index in [1.807, 2.05) is 0 Å². The molecule has 0 aliphatic heterocycles. The summed E-state index contributed by atoms with van der Waals surface area (Å²) < 4.78 is 0. The fourth-order valence-electron chi connectivity index (χ4n) is 2.07. The molecule has 2 rings (SSSR count). The van der Waals surface area contributed by atoms with E-state index in [0.29, 0.717) is 0 Å². The molecule has 0 spiro atoms. The van der Waals surface area contributed by atoms with Gasteiger partial charge in [0.15, 0.2) is 0 Å². The minimum atomic E-state index is 0. The molecule has 1 N–H and O–H groups in total. The van der Waals surface area contributed by atoms with Gasteiger partial charge in [-0.2, -0.15) is 0 Å². The first-order valence-corrected chi connectivity index (χ1v) is 6.90. The minimum Gasteiger partial charge on any atom is -1.00 e. The maximum atomic E-state index is 3.48. The molecule has 0 aliphatic rings. The van der Waals surface area contributed by atoms with Gasteiger partial charge in [0.05, 0.1) is 0 Å². The van der Waals surface area contributed by atoms with Gasteiger partial charge < -0.3 is 22.3 Å². The quantitative estimate of drug-likeness (QED) is 0.889. The van der Waals surface area contributed by atoms with E-state index in [-0.39, 0.29) is 22.4 Å². The summed E-state index contributed by atoms with van der Waals surface area (Å²) in [6.45, 7) is 8.57. The van der Waals surface area contributed by atoms with Crippen molar-refractivity contribution in [2.45, 2.75) is 39.3 Å². The van der Waals surface area contributed by atoms with Crippen LogP contribution in [0.4, 0.5) is 0 Å². The summed E-state index contributed by atoms with van der Waals surface area (Å²) in [6, 6.07) is 19.4. The van der Waals surface area contributed by atoms with Crippen molar-refractivity contribution in [1.82, 2.24) is 5.32 Å². The van der Waals surface area contributed by atoms with E-state index < -0.39 is 0 Å². The first-order valence-electron chi connectivity index (χ1n) is 6.90. The van der Waals surface area contributed by atoms with Crippen LogP contribution in [0.1, 0.15) is 37.5 Å². The van der Waals surface area contributed by atoms with Gasteiger partial charge in [-0.25, -0.2) is 0 Å². The van der Waals surface area contributed by atoms with Crippen molar-refractivity contribution in [3.8, 4) is 0 Å². The van der Waals surface area contributed by atoms with Crippen LogP contribution in [0, 0.1) is 0 Å². The number of hydrogen-bond donors (Lipinski definition) is 1. The summed E-state index contributed by atoms with van der Waals surface area (Å²) in [4.78, 5) is 0. The molecule has 0 fully saturated rings. The van der Waals surface area contributed by atoms with Crippen LogP contribution in [0.25, 0.3) is 0 Å². The highest BCUT2D eigenvalue weighted by Crippen LogP contribution is 2.22. The van der Waals surface area contributed by atoms with Gasteiger partial charge in [0.1, 0.15) is 0 Å². The number of benzene rings is 2. The van der Waals surface area contributed by atoms with Crippen molar-refractivity contribution in [3.05, 3.63) is 71.3 Å². The summed E-state index contributed by atoms with van der Waals surface area (Å²) in [5.41, 5.74) is 4.28. The maximum absolute atomic E-state index is 3.48. The normalized spacial score (nSPS) is 10.9. The van der Waals surface area contributed by atoms with Gasteiger partial charge in [-0.15, -0.1) is 0 Å². The average molecular weight is 333 g/mol. The van der Waals surface area contributed by atoms with E-state index in [9.17, 15) is 0 Å². The molecule has 1 nitrogen and oxygen atoms in total. The Hall–Kier alpha value is -1.12. The van der Waals surface area contributed by atoms with Crippen LogP contribution < -0.4 is 22.3 Å². The Morgan fingerprint density at radius 1 is 0.750 bits per heavy atom. The molecular formula is C18H23BrN-. The van der Waals surface area contributed by atoms with E-state index in [2.05, 4.69) is 80.7 Å². The smallest absolute Gasteiger partial charge is 0.0208 e. The van der Waals surface area contributed by atoms with Gasteiger partial charge in [-0.05, 0) is 22.1 Å². The molecule has 2 aromatic rings. The number of nitrogens with one attached hydrogen (secondary N) is 1. The monoisotopic (exact) mass is 332 g/mol. The zero-order valence-corrected chi connectivity index (χ0v) is 14.1. The van der Waals surface area contributed by atoms with E-state index >= 15 is 0 Å². The van der Waals surface area contributed by atoms with Crippen molar-refractivity contribution in [1.29, 1.82) is 0 Å². The largest absolute Gasteiger partial charge is 1.00 e. The Labute approximate surface area is 133 Å². The Bertz CT molecular complexity index is 497. The molecule has 2 heteroatoms. The van der Waals surface area contributed by atoms with E-state index in [0.717, 1.165) is 13.1 Å². The second-order valence-corrected chi connectivity index (χ2v) is 6.04. The molecule has 20 heavy (non-hydrogen) atoms. The van der Waals surface area contributed by atoms with Crippen LogP contribution in [-0.2, 0) is 18.5 Å². The van der Waals surface area contributed by atoms with Crippen LogP contribution in [-0.4, -0.2) is 0 Å². The van der Waals surface area contributed by atoms with Crippen LogP contribution in [0.15, 0.2) is 54.6 Å². The molecule has 0 aromatic heterocycles. The first-order chi connectivity index (χ1) is 9.05. The van der Waals surface area contributed by atoms with Crippen molar-refractivity contribution in [3.63, 3.8) is 0 Å². The van der Waals surface area contributed by atoms with E-state index in [1.54, 1.807) is 0 Å². The lowest BCUT2D eigenvalue weighted by molar-refractivity contribution is -0.00000437. The topological polar surface area (TPSA) is 12.0 Å². The van der Waals surface area contributed by atoms with E-state index in [1.165, 1.54) is 16.7 Å². The molecule has 108 valence electrons. The second kappa shape index (κ2) is 7.61. The molecule has 0 atom stereocenters. The molecule has 0 bridgehead atoms. The van der Waals surface area contributed by atoms with Crippen LogP contribution >= 0.6 is 0 Å². The zero-order chi connectivity index (χ0) is 13.7. The van der Waals surface area contributed by atoms with Crippen molar-refractivity contribution >= 4 is 0 Å². The lowest BCUT2D eigenvalue weighted by Crippen LogP contribution is -3.00. The van der Waals surface area contributed by atoms with Crippen LogP contribution in [0.5, 0.6) is 0 Å². The number of halogens is 1. The Balaban J connectivity index is 0.00000200. The molecule has 0 unspecified atom stereocenters. The van der Waals surface area contributed by atoms with Gasteiger partial charge in [0, 0.05) is 13.1 Å². The van der Waals surface area contributed by atoms with Crippen molar-refractivity contribution < 1.29 is 17.0 Å². The van der Waals surface area contributed by atoms with Gasteiger partial charge >= 0.3 is 0 Å². The summed E-state index contributed by atoms with van der Waals surface area (Å²) in [6.07, 6.45) is 0. The standard InChI is InChI=1S/C18H23N.BrH/c1-18(2,3)17-11-9-16(10-12-17)14-19-13-15-7-5-4-6-8-15;/h4-12,19H,13-14H2,1-3H3;1H/p-1. The first kappa shape index (κ1) is 16.9. The lowest BCUT2D eigenvalue weighted by atomic mass is 9.87. The van der Waals surface area contributed by atoms with Crippen molar-refractivity contribution in [2.75, 3.05) is 0 Å². The van der Waals surface area contributed by atoms with Gasteiger partial charge in [-0.3, -0.25) is 0 Å². The third kappa shape index (κ3) is 5.10. The molecular weight excluding hydrogens is 310 g/mol. The summed E-state index contributed by atoms with van der Waals surface area (Å²) in [7, 11) is 0. The Morgan fingerprint density at radius 3 is 1.75 bits per heavy atom.